The second-order valence-corrected chi connectivity index (χ2v) is 9.14. The molecule has 8 heteroatoms. The topological polar surface area (TPSA) is 74.5 Å². The van der Waals surface area contributed by atoms with Crippen LogP contribution in [0.2, 0.25) is 0 Å². The number of aromatic nitrogens is 2. The Morgan fingerprint density at radius 1 is 1.18 bits per heavy atom. The molecule has 1 atom stereocenters. The normalized spacial score (nSPS) is 16.3. The van der Waals surface area contributed by atoms with Crippen LogP contribution in [0.5, 0.6) is 11.6 Å². The van der Waals surface area contributed by atoms with Crippen molar-refractivity contribution in [2.75, 3.05) is 38.7 Å². The fourth-order valence-corrected chi connectivity index (χ4v) is 4.56. The van der Waals surface area contributed by atoms with E-state index in [1.165, 1.54) is 11.8 Å². The highest BCUT2D eigenvalue weighted by molar-refractivity contribution is 7.99. The summed E-state index contributed by atoms with van der Waals surface area (Å²) in [6, 6.07) is 17.7. The zero-order valence-corrected chi connectivity index (χ0v) is 19.9. The van der Waals surface area contributed by atoms with Gasteiger partial charge in [0, 0.05) is 30.6 Å². The minimum atomic E-state index is 0.312. The Bertz CT molecular complexity index is 1130. The van der Waals surface area contributed by atoms with E-state index in [1.807, 2.05) is 42.6 Å². The lowest BCUT2D eigenvalue weighted by Gasteiger charge is -2.38. The number of rotatable bonds is 7. The maximum absolute atomic E-state index is 9.06. The molecule has 1 aliphatic heterocycles. The van der Waals surface area contributed by atoms with E-state index in [2.05, 4.69) is 34.8 Å². The Hall–Kier alpha value is -3.28. The van der Waals surface area contributed by atoms with Crippen molar-refractivity contribution in [3.63, 3.8) is 0 Å². The van der Waals surface area contributed by atoms with E-state index in [0.717, 1.165) is 40.7 Å². The molecule has 1 unspecified atom stereocenters. The minimum absolute atomic E-state index is 0.312. The Morgan fingerprint density at radius 3 is 2.73 bits per heavy atom. The lowest BCUT2D eigenvalue weighted by molar-refractivity contribution is 0.268. The molecule has 2 heterocycles. The maximum atomic E-state index is 9.06. The van der Waals surface area contributed by atoms with Gasteiger partial charge in [0.05, 0.1) is 29.8 Å². The number of hydrogen-bond donors (Lipinski definition) is 0. The van der Waals surface area contributed by atoms with Crippen molar-refractivity contribution in [1.29, 1.82) is 5.26 Å². The number of nitrogens with zero attached hydrogens (tertiary/aromatic N) is 5. The van der Waals surface area contributed by atoms with Crippen LogP contribution in [0.1, 0.15) is 18.1 Å². The van der Waals surface area contributed by atoms with Gasteiger partial charge in [-0.25, -0.2) is 4.98 Å². The first-order valence-corrected chi connectivity index (χ1v) is 11.6. The van der Waals surface area contributed by atoms with Gasteiger partial charge in [-0.3, -0.25) is 0 Å². The Balaban J connectivity index is 1.60. The molecule has 3 aromatic rings. The summed E-state index contributed by atoms with van der Waals surface area (Å²) in [6.45, 7) is 5.36. The molecule has 1 aliphatic rings. The first-order chi connectivity index (χ1) is 16.1. The van der Waals surface area contributed by atoms with Crippen molar-refractivity contribution in [1.82, 2.24) is 14.9 Å². The van der Waals surface area contributed by atoms with Gasteiger partial charge in [-0.15, -0.1) is 0 Å². The van der Waals surface area contributed by atoms with E-state index in [-0.39, 0.29) is 0 Å². The summed E-state index contributed by atoms with van der Waals surface area (Å²) in [6.07, 6.45) is 1.83. The van der Waals surface area contributed by atoms with Gasteiger partial charge in [-0.05, 0) is 55.9 Å². The van der Waals surface area contributed by atoms with E-state index in [9.17, 15) is 0 Å². The van der Waals surface area contributed by atoms with Crippen molar-refractivity contribution < 1.29 is 9.47 Å². The fourth-order valence-electron chi connectivity index (χ4n) is 3.73. The van der Waals surface area contributed by atoms with Crippen LogP contribution in [-0.2, 0) is 6.61 Å². The number of piperazine rings is 1. The van der Waals surface area contributed by atoms with Crippen LogP contribution in [-0.4, -0.2) is 54.7 Å². The molecule has 1 saturated heterocycles. The van der Waals surface area contributed by atoms with Gasteiger partial charge >= 0.3 is 0 Å². The molecule has 33 heavy (non-hydrogen) atoms. The third-order valence-electron chi connectivity index (χ3n) is 5.52. The summed E-state index contributed by atoms with van der Waals surface area (Å²) in [5, 5.41) is 9.06. The van der Waals surface area contributed by atoms with E-state index >= 15 is 0 Å². The van der Waals surface area contributed by atoms with E-state index in [4.69, 9.17) is 19.7 Å². The molecule has 0 radical (unpaired) electrons. The average Bonchev–Trinajstić information content (AvgIpc) is 2.84. The molecule has 1 aromatic heterocycles. The number of anilines is 1. The highest BCUT2D eigenvalue weighted by Gasteiger charge is 2.25. The van der Waals surface area contributed by atoms with Crippen LogP contribution >= 0.6 is 11.8 Å². The quantitative estimate of drug-likeness (QED) is 0.518. The molecule has 170 valence electrons. The lowest BCUT2D eigenvalue weighted by atomic mass is 10.2. The van der Waals surface area contributed by atoms with Gasteiger partial charge in [0.25, 0.3) is 0 Å². The Kier molecular flexibility index (Phi) is 7.33. The first-order valence-electron chi connectivity index (χ1n) is 10.8. The summed E-state index contributed by atoms with van der Waals surface area (Å²) in [7, 11) is 3.79. The Labute approximate surface area is 199 Å². The standard InChI is InChI=1S/C25H27N5O2S/c1-18-16-29(2)11-12-30(18)25-27-15-23(33-22-9-7-19(14-26)8-10-22)24(28-25)32-17-20-5-4-6-21(13-20)31-3/h4-10,13,15,18H,11-12,16-17H2,1-3H3. The number of ether oxygens (including phenoxy) is 2. The highest BCUT2D eigenvalue weighted by atomic mass is 32.2. The second kappa shape index (κ2) is 10.6. The van der Waals surface area contributed by atoms with Gasteiger partial charge in [0.15, 0.2) is 0 Å². The van der Waals surface area contributed by atoms with Crippen molar-refractivity contribution in [2.24, 2.45) is 0 Å². The number of hydrogen-bond acceptors (Lipinski definition) is 8. The van der Waals surface area contributed by atoms with Crippen LogP contribution < -0.4 is 14.4 Å². The first kappa shape index (κ1) is 22.9. The van der Waals surface area contributed by atoms with Crippen molar-refractivity contribution in [2.45, 2.75) is 29.4 Å². The molecule has 0 aliphatic carbocycles. The molecule has 7 nitrogen and oxygen atoms in total. The van der Waals surface area contributed by atoms with Crippen LogP contribution in [0.25, 0.3) is 0 Å². The fraction of sp³-hybridized carbons (Fsp3) is 0.320. The summed E-state index contributed by atoms with van der Waals surface area (Å²) in [5.74, 6) is 2.02. The molecule has 2 aromatic carbocycles. The number of likely N-dealkylation sites (N-methyl/N-ethyl adjacent to an activating group) is 1. The predicted molar refractivity (Wildman–Crippen MR) is 129 cm³/mol. The molecular formula is C25H27N5O2S. The van der Waals surface area contributed by atoms with E-state index < -0.39 is 0 Å². The van der Waals surface area contributed by atoms with Crippen molar-refractivity contribution >= 4 is 17.7 Å². The monoisotopic (exact) mass is 461 g/mol. The summed E-state index contributed by atoms with van der Waals surface area (Å²) < 4.78 is 11.5. The largest absolute Gasteiger partial charge is 0.497 e. The summed E-state index contributed by atoms with van der Waals surface area (Å²) in [5.41, 5.74) is 1.63. The van der Waals surface area contributed by atoms with Gasteiger partial charge in [0.2, 0.25) is 11.8 Å². The molecular weight excluding hydrogens is 434 g/mol. The number of nitriles is 1. The lowest BCUT2D eigenvalue weighted by Crippen LogP contribution is -2.51. The van der Waals surface area contributed by atoms with Crippen molar-refractivity contribution in [3.05, 3.63) is 65.9 Å². The second-order valence-electron chi connectivity index (χ2n) is 8.02. The third kappa shape index (κ3) is 5.75. The van der Waals surface area contributed by atoms with E-state index in [1.54, 1.807) is 19.2 Å². The highest BCUT2D eigenvalue weighted by Crippen LogP contribution is 2.35. The van der Waals surface area contributed by atoms with Crippen LogP contribution in [0, 0.1) is 11.3 Å². The van der Waals surface area contributed by atoms with Crippen LogP contribution in [0.15, 0.2) is 64.5 Å². The Morgan fingerprint density at radius 2 is 2.00 bits per heavy atom. The maximum Gasteiger partial charge on any atom is 0.232 e. The predicted octanol–water partition coefficient (Wildman–Crippen LogP) is 4.23. The smallest absolute Gasteiger partial charge is 0.232 e. The van der Waals surface area contributed by atoms with Crippen LogP contribution in [0.4, 0.5) is 5.95 Å². The zero-order valence-electron chi connectivity index (χ0n) is 19.1. The minimum Gasteiger partial charge on any atom is -0.497 e. The van der Waals surface area contributed by atoms with Gasteiger partial charge < -0.3 is 19.3 Å². The molecule has 1 fully saturated rings. The number of methoxy groups -OCH3 is 1. The SMILES string of the molecule is COc1cccc(COc2nc(N3CCN(C)CC3C)ncc2Sc2ccc(C#N)cc2)c1. The molecule has 0 spiro atoms. The van der Waals surface area contributed by atoms with Gasteiger partial charge in [-0.2, -0.15) is 10.2 Å². The summed E-state index contributed by atoms with van der Waals surface area (Å²) in [4.78, 5) is 15.9. The summed E-state index contributed by atoms with van der Waals surface area (Å²) >= 11 is 1.52. The van der Waals surface area contributed by atoms with Gasteiger partial charge in [0.1, 0.15) is 12.4 Å². The molecule has 0 N–H and O–H groups in total. The van der Waals surface area contributed by atoms with Crippen LogP contribution in [0.3, 0.4) is 0 Å². The van der Waals surface area contributed by atoms with Crippen molar-refractivity contribution in [3.8, 4) is 17.7 Å². The molecule has 0 bridgehead atoms. The third-order valence-corrected chi connectivity index (χ3v) is 6.53. The molecule has 4 rings (SSSR count). The average molecular weight is 462 g/mol. The van der Waals surface area contributed by atoms with Gasteiger partial charge in [-0.1, -0.05) is 23.9 Å². The zero-order chi connectivity index (χ0) is 23.2. The molecule has 0 saturated carbocycles. The van der Waals surface area contributed by atoms with E-state index in [0.29, 0.717) is 30.0 Å². The molecule has 0 amide bonds. The number of benzene rings is 2.